The van der Waals surface area contributed by atoms with Gasteiger partial charge in [0.15, 0.2) is 6.61 Å². The minimum Gasteiger partial charge on any atom is -0.484 e. The zero-order chi connectivity index (χ0) is 26.7. The van der Waals surface area contributed by atoms with Gasteiger partial charge in [-0.25, -0.2) is 9.69 Å². The molecule has 3 aromatic carbocycles. The number of benzene rings is 3. The predicted octanol–water partition coefficient (Wildman–Crippen LogP) is 5.29. The molecule has 3 aromatic rings. The number of carbonyl (C=O) groups excluding carboxylic acids is 4. The molecule has 0 radical (unpaired) electrons. The van der Waals surface area contributed by atoms with Crippen molar-refractivity contribution in [1.29, 1.82) is 0 Å². The SMILES string of the molecule is Cc1cccc(NC(=O)COc2ccc(/C=C3/C(=O)NC(=O)N(c4ccc(Cl)c(Cl)c4)C3=O)cc2)c1C. The largest absolute Gasteiger partial charge is 0.484 e. The standard InChI is InChI=1S/C27H21Cl2N3O5/c1-15-4-3-5-23(16(15)2)30-24(33)14-37-19-9-6-17(7-10-19)12-20-25(34)31-27(36)32(26(20)35)18-8-11-21(28)22(29)13-18/h3-13H,14H2,1-2H3,(H,30,33)(H,31,34,36)/b20-12-. The molecule has 8 nitrogen and oxygen atoms in total. The van der Waals surface area contributed by atoms with Crippen LogP contribution >= 0.6 is 23.2 Å². The van der Waals surface area contributed by atoms with Gasteiger partial charge >= 0.3 is 6.03 Å². The van der Waals surface area contributed by atoms with Gasteiger partial charge in [-0.1, -0.05) is 47.5 Å². The molecule has 1 heterocycles. The summed E-state index contributed by atoms with van der Waals surface area (Å²) < 4.78 is 5.55. The second kappa shape index (κ2) is 10.9. The summed E-state index contributed by atoms with van der Waals surface area (Å²) in [6.45, 7) is 3.69. The van der Waals surface area contributed by atoms with Crippen LogP contribution in [0.15, 0.2) is 66.2 Å². The number of nitrogens with one attached hydrogen (secondary N) is 2. The van der Waals surface area contributed by atoms with Crippen molar-refractivity contribution in [3.63, 3.8) is 0 Å². The zero-order valence-corrected chi connectivity index (χ0v) is 21.3. The highest BCUT2D eigenvalue weighted by Crippen LogP contribution is 2.29. The number of nitrogens with zero attached hydrogens (tertiary/aromatic N) is 1. The van der Waals surface area contributed by atoms with Gasteiger partial charge in [0.2, 0.25) is 0 Å². The number of hydrogen-bond donors (Lipinski definition) is 2. The summed E-state index contributed by atoms with van der Waals surface area (Å²) >= 11 is 11.9. The van der Waals surface area contributed by atoms with Crippen LogP contribution in [0, 0.1) is 13.8 Å². The number of carbonyl (C=O) groups is 4. The van der Waals surface area contributed by atoms with Crippen molar-refractivity contribution < 1.29 is 23.9 Å². The molecular formula is C27H21Cl2N3O5. The molecule has 0 aliphatic carbocycles. The van der Waals surface area contributed by atoms with E-state index in [1.165, 1.54) is 24.3 Å². The normalized spacial score (nSPS) is 14.5. The van der Waals surface area contributed by atoms with Gasteiger partial charge in [-0.15, -0.1) is 0 Å². The first-order valence-electron chi connectivity index (χ1n) is 11.1. The molecule has 5 amide bonds. The number of anilines is 2. The van der Waals surface area contributed by atoms with E-state index in [9.17, 15) is 19.2 Å². The Hall–Kier alpha value is -4.14. The smallest absolute Gasteiger partial charge is 0.335 e. The fraction of sp³-hybridized carbons (Fsp3) is 0.111. The summed E-state index contributed by atoms with van der Waals surface area (Å²) in [6, 6.07) is 15.4. The van der Waals surface area contributed by atoms with Crippen molar-refractivity contribution in [3.8, 4) is 5.75 Å². The third kappa shape index (κ3) is 5.82. The Kier molecular flexibility index (Phi) is 7.61. The van der Waals surface area contributed by atoms with E-state index in [1.54, 1.807) is 24.3 Å². The summed E-state index contributed by atoms with van der Waals surface area (Å²) in [4.78, 5) is 50.9. The molecule has 0 aromatic heterocycles. The minimum atomic E-state index is -0.895. The molecule has 188 valence electrons. The van der Waals surface area contributed by atoms with Crippen LogP contribution in [0.25, 0.3) is 6.08 Å². The van der Waals surface area contributed by atoms with Gasteiger partial charge in [0.05, 0.1) is 15.7 Å². The maximum atomic E-state index is 13.0. The molecule has 10 heteroatoms. The highest BCUT2D eigenvalue weighted by molar-refractivity contribution is 6.43. The molecule has 4 rings (SSSR count). The van der Waals surface area contributed by atoms with E-state index in [2.05, 4.69) is 10.6 Å². The number of amides is 5. The van der Waals surface area contributed by atoms with Crippen molar-refractivity contribution in [1.82, 2.24) is 5.32 Å². The quantitative estimate of drug-likeness (QED) is 0.328. The Morgan fingerprint density at radius 1 is 1.00 bits per heavy atom. The fourth-order valence-electron chi connectivity index (χ4n) is 3.56. The van der Waals surface area contributed by atoms with Crippen molar-refractivity contribution in [2.24, 2.45) is 0 Å². The molecule has 2 N–H and O–H groups in total. The first kappa shape index (κ1) is 25.9. The number of ether oxygens (including phenoxy) is 1. The van der Waals surface area contributed by atoms with E-state index in [4.69, 9.17) is 27.9 Å². The van der Waals surface area contributed by atoms with Gasteiger partial charge in [-0.3, -0.25) is 19.7 Å². The van der Waals surface area contributed by atoms with Gasteiger partial charge in [0, 0.05) is 5.69 Å². The molecular weight excluding hydrogens is 517 g/mol. The highest BCUT2D eigenvalue weighted by Gasteiger charge is 2.37. The van der Waals surface area contributed by atoms with Crippen LogP contribution in [0.4, 0.5) is 16.2 Å². The summed E-state index contributed by atoms with van der Waals surface area (Å²) in [7, 11) is 0. The lowest BCUT2D eigenvalue weighted by Crippen LogP contribution is -2.54. The van der Waals surface area contributed by atoms with E-state index in [0.29, 0.717) is 11.3 Å². The molecule has 1 fully saturated rings. The number of halogens is 2. The monoisotopic (exact) mass is 537 g/mol. The highest BCUT2D eigenvalue weighted by atomic mass is 35.5. The Balaban J connectivity index is 1.44. The molecule has 1 aliphatic heterocycles. The Morgan fingerprint density at radius 3 is 2.43 bits per heavy atom. The number of aryl methyl sites for hydroxylation is 1. The third-order valence-corrected chi connectivity index (χ3v) is 6.44. The summed E-state index contributed by atoms with van der Waals surface area (Å²) in [5.41, 5.74) is 3.20. The third-order valence-electron chi connectivity index (χ3n) is 5.70. The maximum absolute atomic E-state index is 13.0. The number of hydrogen-bond acceptors (Lipinski definition) is 5. The molecule has 0 spiro atoms. The van der Waals surface area contributed by atoms with E-state index >= 15 is 0 Å². The lowest BCUT2D eigenvalue weighted by atomic mass is 10.1. The average molecular weight is 538 g/mol. The van der Waals surface area contributed by atoms with E-state index in [0.717, 1.165) is 21.7 Å². The van der Waals surface area contributed by atoms with Gasteiger partial charge < -0.3 is 10.1 Å². The van der Waals surface area contributed by atoms with Crippen LogP contribution in [-0.2, 0) is 14.4 Å². The van der Waals surface area contributed by atoms with Gasteiger partial charge in [0.1, 0.15) is 11.3 Å². The minimum absolute atomic E-state index is 0.153. The van der Waals surface area contributed by atoms with Crippen LogP contribution < -0.4 is 20.3 Å². The second-order valence-corrected chi connectivity index (χ2v) is 9.02. The van der Waals surface area contributed by atoms with Crippen molar-refractivity contribution in [2.45, 2.75) is 13.8 Å². The summed E-state index contributed by atoms with van der Waals surface area (Å²) in [5, 5.41) is 5.38. The number of urea groups is 1. The fourth-order valence-corrected chi connectivity index (χ4v) is 3.86. The lowest BCUT2D eigenvalue weighted by Gasteiger charge is -2.26. The number of barbiturate groups is 1. The predicted molar refractivity (Wildman–Crippen MR) is 142 cm³/mol. The Labute approximate surface area is 222 Å². The van der Waals surface area contributed by atoms with Crippen LogP contribution in [0.5, 0.6) is 5.75 Å². The lowest BCUT2D eigenvalue weighted by molar-refractivity contribution is -0.122. The second-order valence-electron chi connectivity index (χ2n) is 8.21. The zero-order valence-electron chi connectivity index (χ0n) is 19.8. The van der Waals surface area contributed by atoms with Crippen LogP contribution in [0.2, 0.25) is 10.0 Å². The molecule has 0 unspecified atom stereocenters. The topological polar surface area (TPSA) is 105 Å². The van der Waals surface area contributed by atoms with Gasteiger partial charge in [-0.05, 0) is 73.0 Å². The molecule has 0 atom stereocenters. The van der Waals surface area contributed by atoms with Crippen molar-refractivity contribution in [3.05, 3.63) is 93.0 Å². The number of imide groups is 2. The van der Waals surface area contributed by atoms with Crippen LogP contribution in [0.1, 0.15) is 16.7 Å². The van der Waals surface area contributed by atoms with Crippen molar-refractivity contribution >= 4 is 64.4 Å². The average Bonchev–Trinajstić information content (AvgIpc) is 2.86. The molecule has 1 aliphatic rings. The maximum Gasteiger partial charge on any atom is 0.335 e. The summed E-state index contributed by atoms with van der Waals surface area (Å²) in [5.74, 6) is -1.52. The first-order chi connectivity index (χ1) is 17.6. The van der Waals surface area contributed by atoms with Gasteiger partial charge in [-0.2, -0.15) is 0 Å². The Morgan fingerprint density at radius 2 is 1.73 bits per heavy atom. The molecule has 0 saturated carbocycles. The Bertz CT molecular complexity index is 1450. The molecule has 0 bridgehead atoms. The molecule has 37 heavy (non-hydrogen) atoms. The first-order valence-corrected chi connectivity index (χ1v) is 11.8. The van der Waals surface area contributed by atoms with E-state index in [1.807, 2.05) is 32.0 Å². The van der Waals surface area contributed by atoms with Crippen molar-refractivity contribution in [2.75, 3.05) is 16.8 Å². The number of rotatable bonds is 6. The van der Waals surface area contributed by atoms with E-state index in [-0.39, 0.29) is 33.8 Å². The van der Waals surface area contributed by atoms with Crippen LogP contribution in [0.3, 0.4) is 0 Å². The van der Waals surface area contributed by atoms with E-state index < -0.39 is 17.8 Å². The summed E-state index contributed by atoms with van der Waals surface area (Å²) in [6.07, 6.45) is 1.35. The van der Waals surface area contributed by atoms with Gasteiger partial charge in [0.25, 0.3) is 17.7 Å². The van der Waals surface area contributed by atoms with Crippen LogP contribution in [-0.4, -0.2) is 30.4 Å². The molecule has 1 saturated heterocycles.